The van der Waals surface area contributed by atoms with Gasteiger partial charge in [0.05, 0.1) is 5.56 Å². The van der Waals surface area contributed by atoms with Crippen molar-refractivity contribution in [2.45, 2.75) is 76.3 Å². The molecule has 1 amide bonds. The first-order valence-corrected chi connectivity index (χ1v) is 11.1. The van der Waals surface area contributed by atoms with Crippen LogP contribution in [0.3, 0.4) is 0 Å². The molecule has 26 heavy (non-hydrogen) atoms. The van der Waals surface area contributed by atoms with Crippen LogP contribution in [0.15, 0.2) is 29.6 Å². The molecule has 2 fully saturated rings. The number of rotatable bonds is 2. The number of hydrogen-bond donors (Lipinski definition) is 0. The summed E-state index contributed by atoms with van der Waals surface area (Å²) in [5, 5.41) is 2.16. The van der Waals surface area contributed by atoms with Crippen molar-refractivity contribution in [1.82, 2.24) is 4.90 Å². The Bertz CT molecular complexity index is 807. The van der Waals surface area contributed by atoms with Gasteiger partial charge < -0.3 is 4.90 Å². The lowest BCUT2D eigenvalue weighted by molar-refractivity contribution is 0.0570. The predicted octanol–water partition coefficient (Wildman–Crippen LogP) is 5.49. The number of fused-ring (bicyclic) bond motifs is 3. The molecule has 3 heterocycles. The number of benzene rings is 1. The Morgan fingerprint density at radius 2 is 1.73 bits per heavy atom. The van der Waals surface area contributed by atoms with Crippen LogP contribution in [0.1, 0.15) is 76.4 Å². The molecule has 3 aliphatic rings. The Kier molecular flexibility index (Phi) is 4.16. The molecule has 0 spiro atoms. The van der Waals surface area contributed by atoms with Gasteiger partial charge in [0.25, 0.3) is 5.91 Å². The Morgan fingerprint density at radius 3 is 2.46 bits per heavy atom. The van der Waals surface area contributed by atoms with Crippen LogP contribution in [0.25, 0.3) is 0 Å². The Hall–Kier alpha value is -1.61. The van der Waals surface area contributed by atoms with E-state index in [0.29, 0.717) is 23.9 Å². The van der Waals surface area contributed by atoms with Crippen molar-refractivity contribution < 1.29 is 4.79 Å². The molecule has 2 nitrogen and oxygen atoms in total. The van der Waals surface area contributed by atoms with Crippen molar-refractivity contribution >= 4 is 17.2 Å². The first-order valence-electron chi connectivity index (χ1n) is 10.2. The second-order valence-electron chi connectivity index (χ2n) is 8.43. The van der Waals surface area contributed by atoms with Crippen LogP contribution in [0.2, 0.25) is 0 Å². The minimum Gasteiger partial charge on any atom is -0.333 e. The zero-order chi connectivity index (χ0) is 17.7. The lowest BCUT2D eigenvalue weighted by Gasteiger charge is -2.39. The fraction of sp³-hybridized carbons (Fsp3) is 0.522. The molecule has 3 heteroatoms. The van der Waals surface area contributed by atoms with Crippen molar-refractivity contribution in [1.29, 1.82) is 0 Å². The maximum atomic E-state index is 13.4. The molecule has 2 aromatic rings. The summed E-state index contributed by atoms with van der Waals surface area (Å²) < 4.78 is 0. The van der Waals surface area contributed by atoms with Crippen LogP contribution >= 0.6 is 11.3 Å². The van der Waals surface area contributed by atoms with Gasteiger partial charge in [-0.05, 0) is 75.3 Å². The van der Waals surface area contributed by atoms with E-state index in [0.717, 1.165) is 24.8 Å². The Morgan fingerprint density at radius 1 is 1.04 bits per heavy atom. The third-order valence-corrected chi connectivity index (χ3v) is 7.90. The molecule has 1 aromatic heterocycles. The minimum absolute atomic E-state index is 0.333. The van der Waals surface area contributed by atoms with E-state index < -0.39 is 0 Å². The summed E-state index contributed by atoms with van der Waals surface area (Å²) in [5.74, 6) is 0.952. The van der Waals surface area contributed by atoms with Gasteiger partial charge in [-0.15, -0.1) is 11.3 Å². The van der Waals surface area contributed by atoms with Gasteiger partial charge in [0.1, 0.15) is 0 Å². The summed E-state index contributed by atoms with van der Waals surface area (Å²) in [7, 11) is 0. The fourth-order valence-corrected chi connectivity index (χ4v) is 6.55. The molecule has 136 valence electrons. The Labute approximate surface area is 160 Å². The zero-order valence-corrected chi connectivity index (χ0v) is 16.4. The molecule has 0 saturated carbocycles. The average molecular weight is 366 g/mol. The first kappa shape index (κ1) is 16.6. The van der Waals surface area contributed by atoms with Gasteiger partial charge in [-0.25, -0.2) is 0 Å². The summed E-state index contributed by atoms with van der Waals surface area (Å²) in [6.45, 7) is 2.15. The SMILES string of the molecule is Cc1ccc(C2C[C@H]3CC[C@H](C2)N3C(=O)c2csc3c2CCCC3)cc1. The third-order valence-electron chi connectivity index (χ3n) is 6.81. The van der Waals surface area contributed by atoms with Gasteiger partial charge in [0.15, 0.2) is 0 Å². The number of hydrogen-bond acceptors (Lipinski definition) is 2. The number of thiophene rings is 1. The van der Waals surface area contributed by atoms with E-state index in [2.05, 4.69) is 41.5 Å². The first-order chi connectivity index (χ1) is 12.7. The van der Waals surface area contributed by atoms with Gasteiger partial charge in [-0.2, -0.15) is 0 Å². The highest BCUT2D eigenvalue weighted by Gasteiger charge is 2.44. The summed E-state index contributed by atoms with van der Waals surface area (Å²) in [5.41, 5.74) is 5.21. The molecule has 2 bridgehead atoms. The van der Waals surface area contributed by atoms with E-state index >= 15 is 0 Å². The maximum absolute atomic E-state index is 13.4. The number of aryl methyl sites for hydroxylation is 2. The third kappa shape index (κ3) is 2.72. The molecule has 0 radical (unpaired) electrons. The zero-order valence-electron chi connectivity index (χ0n) is 15.5. The highest BCUT2D eigenvalue weighted by molar-refractivity contribution is 7.10. The van der Waals surface area contributed by atoms with Gasteiger partial charge in [-0.3, -0.25) is 4.79 Å². The lowest BCUT2D eigenvalue weighted by atomic mass is 9.84. The monoisotopic (exact) mass is 365 g/mol. The van der Waals surface area contributed by atoms with Crippen LogP contribution in [0.5, 0.6) is 0 Å². The number of piperidine rings is 1. The molecular weight excluding hydrogens is 338 g/mol. The van der Waals surface area contributed by atoms with Crippen molar-refractivity contribution in [3.63, 3.8) is 0 Å². The highest BCUT2D eigenvalue weighted by atomic mass is 32.1. The van der Waals surface area contributed by atoms with Crippen LogP contribution < -0.4 is 0 Å². The molecular formula is C23H27NOS. The quantitative estimate of drug-likeness (QED) is 0.689. The van der Waals surface area contributed by atoms with Gasteiger partial charge in [0.2, 0.25) is 0 Å². The van der Waals surface area contributed by atoms with Gasteiger partial charge >= 0.3 is 0 Å². The summed E-state index contributed by atoms with van der Waals surface area (Å²) in [6, 6.07) is 9.93. The van der Waals surface area contributed by atoms with Crippen molar-refractivity contribution in [3.05, 3.63) is 56.8 Å². The number of carbonyl (C=O) groups excluding carboxylic acids is 1. The second kappa shape index (κ2) is 6.53. The number of nitrogens with zero attached hydrogens (tertiary/aromatic N) is 1. The number of carbonyl (C=O) groups is 1. The van der Waals surface area contributed by atoms with Crippen molar-refractivity contribution in [2.75, 3.05) is 0 Å². The smallest absolute Gasteiger partial charge is 0.255 e. The molecule has 1 aromatic carbocycles. The summed E-state index contributed by atoms with van der Waals surface area (Å²) in [4.78, 5) is 17.2. The van der Waals surface area contributed by atoms with Crippen LogP contribution in [-0.4, -0.2) is 22.9 Å². The Balaban J connectivity index is 1.38. The summed E-state index contributed by atoms with van der Waals surface area (Å²) in [6.07, 6.45) is 9.46. The van der Waals surface area contributed by atoms with Crippen molar-refractivity contribution in [2.24, 2.45) is 0 Å². The standard InChI is InChI=1S/C23H27NOS/c1-15-6-8-16(9-7-15)17-12-18-10-11-19(13-17)24(18)23(25)21-14-26-22-5-3-2-4-20(21)22/h6-9,14,17-19H,2-5,10-13H2,1H3/t18-,19-/m1/s1. The molecule has 0 unspecified atom stereocenters. The van der Waals surface area contributed by atoms with E-state index in [1.165, 1.54) is 53.7 Å². The van der Waals surface area contributed by atoms with E-state index in [9.17, 15) is 4.79 Å². The van der Waals surface area contributed by atoms with Crippen LogP contribution in [0.4, 0.5) is 0 Å². The maximum Gasteiger partial charge on any atom is 0.255 e. The van der Waals surface area contributed by atoms with Gasteiger partial charge in [-0.1, -0.05) is 29.8 Å². The van der Waals surface area contributed by atoms with Crippen molar-refractivity contribution in [3.8, 4) is 0 Å². The minimum atomic E-state index is 0.333. The molecule has 2 atom stereocenters. The summed E-state index contributed by atoms with van der Waals surface area (Å²) >= 11 is 1.82. The lowest BCUT2D eigenvalue weighted by Crippen LogP contribution is -2.46. The van der Waals surface area contributed by atoms with E-state index in [4.69, 9.17) is 0 Å². The van der Waals surface area contributed by atoms with E-state index in [1.54, 1.807) is 0 Å². The molecule has 2 aliphatic heterocycles. The van der Waals surface area contributed by atoms with Crippen LogP contribution in [-0.2, 0) is 12.8 Å². The fourth-order valence-electron chi connectivity index (χ4n) is 5.43. The normalized spacial score (nSPS) is 27.4. The van der Waals surface area contributed by atoms with E-state index in [-0.39, 0.29) is 0 Å². The molecule has 0 N–H and O–H groups in total. The average Bonchev–Trinajstić information content (AvgIpc) is 3.20. The molecule has 2 saturated heterocycles. The number of amides is 1. The highest BCUT2D eigenvalue weighted by Crippen LogP contribution is 2.44. The molecule has 5 rings (SSSR count). The predicted molar refractivity (Wildman–Crippen MR) is 107 cm³/mol. The van der Waals surface area contributed by atoms with E-state index in [1.807, 2.05) is 11.3 Å². The van der Waals surface area contributed by atoms with Gasteiger partial charge in [0, 0.05) is 22.3 Å². The molecule has 1 aliphatic carbocycles. The largest absolute Gasteiger partial charge is 0.333 e. The van der Waals surface area contributed by atoms with Crippen LogP contribution in [0, 0.1) is 6.92 Å². The topological polar surface area (TPSA) is 20.3 Å². The second-order valence-corrected chi connectivity index (χ2v) is 9.40.